The molecule has 0 bridgehead atoms. The number of benzene rings is 1. The van der Waals surface area contributed by atoms with Crippen LogP contribution in [0, 0.1) is 11.3 Å². The van der Waals surface area contributed by atoms with Crippen molar-refractivity contribution in [2.75, 3.05) is 20.3 Å². The number of carbonyl (C=O) groups excluding carboxylic acids is 1. The first-order valence-electron chi connectivity index (χ1n) is 8.19. The summed E-state index contributed by atoms with van der Waals surface area (Å²) in [5.74, 6) is -0.192. The number of ether oxygens (including phenoxy) is 1. The van der Waals surface area contributed by atoms with E-state index in [-0.39, 0.29) is 18.0 Å². The molecule has 0 unspecified atom stereocenters. The lowest BCUT2D eigenvalue weighted by molar-refractivity contribution is 0.0933. The first-order valence-corrected chi connectivity index (χ1v) is 8.19. The highest BCUT2D eigenvalue weighted by atomic mass is 16.5. The summed E-state index contributed by atoms with van der Waals surface area (Å²) in [6, 6.07) is 13.3. The molecule has 0 radical (unpaired) electrons. The van der Waals surface area contributed by atoms with Gasteiger partial charge in [0.15, 0.2) is 0 Å². The zero-order valence-corrected chi connectivity index (χ0v) is 14.0. The molecule has 2 N–H and O–H groups in total. The van der Waals surface area contributed by atoms with Crippen LogP contribution < -0.4 is 10.6 Å². The van der Waals surface area contributed by atoms with Crippen LogP contribution in [-0.4, -0.2) is 43.2 Å². The summed E-state index contributed by atoms with van der Waals surface area (Å²) in [5.41, 5.74) is 2.70. The molecule has 6 nitrogen and oxygen atoms in total. The molecule has 1 fully saturated rings. The van der Waals surface area contributed by atoms with Gasteiger partial charge < -0.3 is 15.4 Å². The molecule has 25 heavy (non-hydrogen) atoms. The van der Waals surface area contributed by atoms with Crippen molar-refractivity contribution in [1.82, 2.24) is 15.6 Å². The summed E-state index contributed by atoms with van der Waals surface area (Å²) in [4.78, 5) is 16.7. The van der Waals surface area contributed by atoms with Crippen molar-refractivity contribution in [3.8, 4) is 17.2 Å². The number of hydrogen-bond donors (Lipinski definition) is 2. The molecule has 2 aromatic rings. The minimum Gasteiger partial charge on any atom is -0.383 e. The molecule has 0 saturated carbocycles. The zero-order chi connectivity index (χ0) is 17.6. The second-order valence-corrected chi connectivity index (χ2v) is 6.09. The predicted octanol–water partition coefficient (Wildman–Crippen LogP) is 1.73. The van der Waals surface area contributed by atoms with Gasteiger partial charge in [0.2, 0.25) is 0 Å². The highest BCUT2D eigenvalue weighted by Crippen LogP contribution is 2.20. The first kappa shape index (κ1) is 17.1. The fourth-order valence-corrected chi connectivity index (χ4v) is 3.02. The van der Waals surface area contributed by atoms with Gasteiger partial charge in [0.1, 0.15) is 5.69 Å². The Hall–Kier alpha value is -2.75. The third-order valence-electron chi connectivity index (χ3n) is 4.24. The molecule has 1 aliphatic heterocycles. The molecule has 6 heteroatoms. The number of nitrogens with one attached hydrogen (secondary N) is 2. The van der Waals surface area contributed by atoms with Crippen molar-refractivity contribution in [2.45, 2.75) is 18.5 Å². The summed E-state index contributed by atoms with van der Waals surface area (Å²) in [6.45, 7) is 1.36. The Labute approximate surface area is 146 Å². The van der Waals surface area contributed by atoms with E-state index in [1.165, 1.54) is 0 Å². The van der Waals surface area contributed by atoms with Gasteiger partial charge >= 0.3 is 0 Å². The maximum Gasteiger partial charge on any atom is 0.270 e. The van der Waals surface area contributed by atoms with Crippen molar-refractivity contribution < 1.29 is 9.53 Å². The van der Waals surface area contributed by atoms with Crippen LogP contribution in [0.1, 0.15) is 22.5 Å². The smallest absolute Gasteiger partial charge is 0.270 e. The average Bonchev–Trinajstić information content (AvgIpc) is 3.09. The normalized spacial score (nSPS) is 19.4. The zero-order valence-electron chi connectivity index (χ0n) is 14.0. The van der Waals surface area contributed by atoms with E-state index in [2.05, 4.69) is 21.7 Å². The SMILES string of the molecule is COC[C@@H]1C[C@@H](NC(=O)c2cc(-c3cccc(C#N)c3)ccn2)CN1. The van der Waals surface area contributed by atoms with E-state index in [0.29, 0.717) is 17.9 Å². The van der Waals surface area contributed by atoms with Gasteiger partial charge in [0.25, 0.3) is 5.91 Å². The first-order chi connectivity index (χ1) is 12.2. The number of carbonyl (C=O) groups is 1. The molecule has 0 aliphatic carbocycles. The van der Waals surface area contributed by atoms with E-state index < -0.39 is 0 Å². The molecule has 3 rings (SSSR count). The van der Waals surface area contributed by atoms with Gasteiger partial charge in [-0.25, -0.2) is 0 Å². The Kier molecular flexibility index (Phi) is 5.39. The predicted molar refractivity (Wildman–Crippen MR) is 93.9 cm³/mol. The summed E-state index contributed by atoms with van der Waals surface area (Å²) in [6.07, 6.45) is 2.45. The minimum atomic E-state index is -0.192. The molecular weight excluding hydrogens is 316 g/mol. The minimum absolute atomic E-state index is 0.0695. The Balaban J connectivity index is 1.71. The van der Waals surface area contributed by atoms with Crippen LogP contribution in [0.25, 0.3) is 11.1 Å². The number of nitriles is 1. The average molecular weight is 336 g/mol. The van der Waals surface area contributed by atoms with Gasteiger partial charge in [-0.1, -0.05) is 12.1 Å². The number of pyridine rings is 1. The van der Waals surface area contributed by atoms with Crippen molar-refractivity contribution in [1.29, 1.82) is 5.26 Å². The van der Waals surface area contributed by atoms with E-state index in [0.717, 1.165) is 24.1 Å². The van der Waals surface area contributed by atoms with Crippen LogP contribution >= 0.6 is 0 Å². The molecule has 1 amide bonds. The lowest BCUT2D eigenvalue weighted by atomic mass is 10.0. The van der Waals surface area contributed by atoms with E-state index in [4.69, 9.17) is 10.00 Å². The topological polar surface area (TPSA) is 87.0 Å². The maximum absolute atomic E-state index is 12.5. The molecule has 1 saturated heterocycles. The van der Waals surface area contributed by atoms with Crippen molar-refractivity contribution in [3.05, 3.63) is 53.9 Å². The Bertz CT molecular complexity index is 800. The summed E-state index contributed by atoms with van der Waals surface area (Å²) in [5, 5.41) is 15.4. The Morgan fingerprint density at radius 1 is 1.40 bits per heavy atom. The molecule has 1 aliphatic rings. The standard InChI is InChI=1S/C19H20N4O2/c1-25-12-17-9-16(11-22-17)23-19(24)18-8-15(5-6-21-18)14-4-2-3-13(7-14)10-20/h2-8,16-17,22H,9,11-12H2,1H3,(H,23,24)/t16-,17+/m1/s1. The monoisotopic (exact) mass is 336 g/mol. The fourth-order valence-electron chi connectivity index (χ4n) is 3.02. The van der Waals surface area contributed by atoms with Crippen LogP contribution in [0.4, 0.5) is 0 Å². The summed E-state index contributed by atoms with van der Waals surface area (Å²) in [7, 11) is 1.67. The van der Waals surface area contributed by atoms with Gasteiger partial charge in [-0.05, 0) is 41.8 Å². The lowest BCUT2D eigenvalue weighted by Gasteiger charge is -2.12. The molecule has 1 aromatic carbocycles. The fraction of sp³-hybridized carbons (Fsp3) is 0.316. The Morgan fingerprint density at radius 3 is 3.04 bits per heavy atom. The van der Waals surface area contributed by atoms with E-state index in [1.807, 2.05) is 18.2 Å². The quantitative estimate of drug-likeness (QED) is 0.868. The molecular formula is C19H20N4O2. The van der Waals surface area contributed by atoms with Gasteiger partial charge in [0.05, 0.1) is 18.2 Å². The van der Waals surface area contributed by atoms with E-state index in [1.54, 1.807) is 31.5 Å². The van der Waals surface area contributed by atoms with Crippen LogP contribution in [0.5, 0.6) is 0 Å². The van der Waals surface area contributed by atoms with Gasteiger partial charge in [0, 0.05) is 31.9 Å². The second kappa shape index (κ2) is 7.88. The number of rotatable bonds is 5. The third kappa shape index (κ3) is 4.21. The highest BCUT2D eigenvalue weighted by Gasteiger charge is 2.25. The van der Waals surface area contributed by atoms with E-state index >= 15 is 0 Å². The largest absolute Gasteiger partial charge is 0.383 e. The summed E-state index contributed by atoms with van der Waals surface area (Å²) < 4.78 is 5.14. The van der Waals surface area contributed by atoms with E-state index in [9.17, 15) is 4.79 Å². The number of methoxy groups -OCH3 is 1. The van der Waals surface area contributed by atoms with Crippen molar-refractivity contribution in [2.24, 2.45) is 0 Å². The maximum atomic E-state index is 12.5. The number of aromatic nitrogens is 1. The van der Waals surface area contributed by atoms with Crippen molar-refractivity contribution >= 4 is 5.91 Å². The molecule has 0 spiro atoms. The van der Waals surface area contributed by atoms with Gasteiger partial charge in [-0.15, -0.1) is 0 Å². The third-order valence-corrected chi connectivity index (χ3v) is 4.24. The molecule has 128 valence electrons. The van der Waals surface area contributed by atoms with Gasteiger partial charge in [-0.3, -0.25) is 9.78 Å². The highest BCUT2D eigenvalue weighted by molar-refractivity contribution is 5.93. The molecule has 2 atom stereocenters. The van der Waals surface area contributed by atoms with Crippen molar-refractivity contribution in [3.63, 3.8) is 0 Å². The second-order valence-electron chi connectivity index (χ2n) is 6.09. The summed E-state index contributed by atoms with van der Waals surface area (Å²) >= 11 is 0. The van der Waals surface area contributed by atoms with Crippen LogP contribution in [0.15, 0.2) is 42.6 Å². The van der Waals surface area contributed by atoms with Crippen LogP contribution in [-0.2, 0) is 4.74 Å². The molecule has 2 heterocycles. The van der Waals surface area contributed by atoms with Gasteiger partial charge in [-0.2, -0.15) is 5.26 Å². The number of nitrogens with zero attached hydrogens (tertiary/aromatic N) is 2. The molecule has 1 aromatic heterocycles. The van der Waals surface area contributed by atoms with Crippen LogP contribution in [0.3, 0.4) is 0 Å². The number of amides is 1. The van der Waals surface area contributed by atoms with Crippen LogP contribution in [0.2, 0.25) is 0 Å². The Morgan fingerprint density at radius 2 is 2.24 bits per heavy atom. The number of hydrogen-bond acceptors (Lipinski definition) is 5. The lowest BCUT2D eigenvalue weighted by Crippen LogP contribution is -2.36.